The Bertz CT molecular complexity index is 637. The number of halogens is 1. The van der Waals surface area contributed by atoms with Crippen molar-refractivity contribution >= 4 is 35.2 Å². The third-order valence-corrected chi connectivity index (χ3v) is 6.00. The first-order valence-electron chi connectivity index (χ1n) is 7.61. The van der Waals surface area contributed by atoms with E-state index in [0.29, 0.717) is 5.41 Å². The minimum atomic E-state index is 0.332. The molecule has 0 spiro atoms. The van der Waals surface area contributed by atoms with Gasteiger partial charge in [-0.1, -0.05) is 72.3 Å². The Labute approximate surface area is 146 Å². The van der Waals surface area contributed by atoms with E-state index in [9.17, 15) is 0 Å². The Morgan fingerprint density at radius 1 is 1.10 bits per heavy atom. The van der Waals surface area contributed by atoms with Crippen molar-refractivity contribution in [1.29, 1.82) is 0 Å². The molecule has 0 nitrogen and oxygen atoms in total. The van der Waals surface area contributed by atoms with E-state index in [0.717, 1.165) is 8.82 Å². The van der Waals surface area contributed by atoms with E-state index in [4.69, 9.17) is 0 Å². The van der Waals surface area contributed by atoms with Crippen molar-refractivity contribution in [3.8, 4) is 11.1 Å². The fraction of sp³-hybridized carbons (Fsp3) is 0.368. The molecule has 0 saturated heterocycles. The Morgan fingerprint density at radius 3 is 2.52 bits per heavy atom. The normalized spacial score (nSPS) is 25.8. The summed E-state index contributed by atoms with van der Waals surface area (Å²) in [6.07, 6.45) is 5.32. The van der Waals surface area contributed by atoms with Gasteiger partial charge in [0.15, 0.2) is 0 Å². The molecule has 2 atom stereocenters. The van der Waals surface area contributed by atoms with E-state index in [1.807, 2.05) is 6.07 Å². The second-order valence-electron chi connectivity index (χ2n) is 6.39. The van der Waals surface area contributed by atoms with Crippen molar-refractivity contribution in [2.45, 2.75) is 46.8 Å². The topological polar surface area (TPSA) is 0 Å². The molecule has 0 N–H and O–H groups in total. The number of thiol groups is 1. The third kappa shape index (κ3) is 3.48. The molecule has 1 fully saturated rings. The first-order valence-corrected chi connectivity index (χ1v) is 9.30. The molecule has 2 aromatic carbocycles. The quantitative estimate of drug-likeness (QED) is 0.338. The number of alkyl halides is 1. The van der Waals surface area contributed by atoms with Crippen molar-refractivity contribution in [3.63, 3.8) is 0 Å². The van der Waals surface area contributed by atoms with Crippen molar-refractivity contribution in [2.75, 3.05) is 0 Å². The lowest BCUT2D eigenvalue weighted by atomic mass is 9.70. The molecule has 1 aliphatic carbocycles. The highest BCUT2D eigenvalue weighted by Crippen LogP contribution is 2.42. The van der Waals surface area contributed by atoms with Crippen LogP contribution in [0.25, 0.3) is 11.1 Å². The molecular formula is C19H21IS. The summed E-state index contributed by atoms with van der Waals surface area (Å²) in [6, 6.07) is 17.5. The highest BCUT2D eigenvalue weighted by molar-refractivity contribution is 14.1. The van der Waals surface area contributed by atoms with Gasteiger partial charge in [-0.3, -0.25) is 0 Å². The lowest BCUT2D eigenvalue weighted by molar-refractivity contribution is 0.333. The molecule has 1 saturated carbocycles. The summed E-state index contributed by atoms with van der Waals surface area (Å²) in [4.78, 5) is 1.02. The van der Waals surface area contributed by atoms with Gasteiger partial charge in [-0.2, -0.15) is 0 Å². The van der Waals surface area contributed by atoms with Crippen LogP contribution in [0, 0.1) is 0 Å². The summed E-state index contributed by atoms with van der Waals surface area (Å²) < 4.78 is 0.811. The maximum absolute atomic E-state index is 4.46. The van der Waals surface area contributed by atoms with Gasteiger partial charge in [0.25, 0.3) is 0 Å². The fourth-order valence-electron chi connectivity index (χ4n) is 3.43. The first kappa shape index (κ1) is 15.4. The number of benzene rings is 2. The summed E-state index contributed by atoms with van der Waals surface area (Å²) in [5.41, 5.74) is 4.39. The van der Waals surface area contributed by atoms with Gasteiger partial charge >= 0.3 is 0 Å². The van der Waals surface area contributed by atoms with Crippen LogP contribution >= 0.6 is 35.2 Å². The minimum Gasteiger partial charge on any atom is -0.143 e. The molecule has 110 valence electrons. The molecule has 0 aliphatic heterocycles. The monoisotopic (exact) mass is 408 g/mol. The molecule has 2 aromatic rings. The number of hydrogen-bond donors (Lipinski definition) is 1. The van der Waals surface area contributed by atoms with Gasteiger partial charge in [-0.25, -0.2) is 0 Å². The van der Waals surface area contributed by atoms with Crippen LogP contribution in [0.4, 0.5) is 0 Å². The largest absolute Gasteiger partial charge is 0.143 e. The van der Waals surface area contributed by atoms with Gasteiger partial charge in [0.1, 0.15) is 0 Å². The minimum absolute atomic E-state index is 0.332. The van der Waals surface area contributed by atoms with Gasteiger partial charge in [0.2, 0.25) is 0 Å². The molecule has 0 amide bonds. The molecule has 0 aromatic heterocycles. The van der Waals surface area contributed by atoms with E-state index in [1.165, 1.54) is 42.4 Å². The van der Waals surface area contributed by atoms with Crippen LogP contribution < -0.4 is 0 Å². The van der Waals surface area contributed by atoms with Crippen LogP contribution in [-0.4, -0.2) is 3.92 Å². The second-order valence-corrected chi connectivity index (χ2v) is 8.66. The molecule has 0 heterocycles. The number of rotatable bonds is 2. The average Bonchev–Trinajstić information content (AvgIpc) is 2.47. The molecule has 0 radical (unpaired) electrons. The molecule has 21 heavy (non-hydrogen) atoms. The Kier molecular flexibility index (Phi) is 4.65. The molecule has 3 rings (SSSR count). The van der Waals surface area contributed by atoms with Gasteiger partial charge < -0.3 is 0 Å². The van der Waals surface area contributed by atoms with E-state index in [-0.39, 0.29) is 0 Å². The average molecular weight is 408 g/mol. The van der Waals surface area contributed by atoms with Gasteiger partial charge in [-0.05, 0) is 53.5 Å². The zero-order chi connectivity index (χ0) is 14.9. The van der Waals surface area contributed by atoms with Crippen LogP contribution in [-0.2, 0) is 5.41 Å². The molecule has 2 unspecified atom stereocenters. The maximum atomic E-state index is 4.46. The SMILES string of the molecule is CC1(c2cccc(-c3cccc(S)c3)c2)CCCC(I)C1. The van der Waals surface area contributed by atoms with Crippen molar-refractivity contribution in [2.24, 2.45) is 0 Å². The zero-order valence-electron chi connectivity index (χ0n) is 12.3. The van der Waals surface area contributed by atoms with E-state index in [1.54, 1.807) is 0 Å². The van der Waals surface area contributed by atoms with E-state index < -0.39 is 0 Å². The Morgan fingerprint density at radius 2 is 1.81 bits per heavy atom. The van der Waals surface area contributed by atoms with Crippen LogP contribution in [0.15, 0.2) is 53.4 Å². The fourth-order valence-corrected chi connectivity index (χ4v) is 5.07. The van der Waals surface area contributed by atoms with Crippen molar-refractivity contribution in [3.05, 3.63) is 54.1 Å². The van der Waals surface area contributed by atoms with Gasteiger partial charge in [0, 0.05) is 8.82 Å². The van der Waals surface area contributed by atoms with Crippen LogP contribution in [0.2, 0.25) is 0 Å². The maximum Gasteiger partial charge on any atom is 0.0118 e. The van der Waals surface area contributed by atoms with Gasteiger partial charge in [0.05, 0.1) is 0 Å². The molecule has 1 aliphatic rings. The first-order chi connectivity index (χ1) is 10.1. The summed E-state index contributed by atoms with van der Waals surface area (Å²) >= 11 is 7.08. The second kappa shape index (κ2) is 6.33. The van der Waals surface area contributed by atoms with Crippen molar-refractivity contribution in [1.82, 2.24) is 0 Å². The zero-order valence-corrected chi connectivity index (χ0v) is 15.4. The summed E-state index contributed by atoms with van der Waals surface area (Å²) in [5, 5.41) is 0. The van der Waals surface area contributed by atoms with E-state index in [2.05, 4.69) is 84.6 Å². The highest BCUT2D eigenvalue weighted by Gasteiger charge is 2.32. The van der Waals surface area contributed by atoms with Crippen LogP contribution in [0.3, 0.4) is 0 Å². The van der Waals surface area contributed by atoms with Crippen LogP contribution in [0.5, 0.6) is 0 Å². The summed E-state index contributed by atoms with van der Waals surface area (Å²) in [7, 11) is 0. The predicted octanol–water partition coefficient (Wildman–Crippen LogP) is 6.28. The standard InChI is InChI=1S/C19H21IS/c1-19(10-4-8-17(20)13-19)16-7-2-5-14(11-16)15-6-3-9-18(21)12-15/h2-3,5-7,9,11-12,17,21H,4,8,10,13H2,1H3. The van der Waals surface area contributed by atoms with E-state index >= 15 is 0 Å². The molecule has 2 heteroatoms. The number of hydrogen-bond acceptors (Lipinski definition) is 1. The summed E-state index contributed by atoms with van der Waals surface area (Å²) in [5.74, 6) is 0. The smallest absolute Gasteiger partial charge is 0.0118 e. The van der Waals surface area contributed by atoms with Gasteiger partial charge in [-0.15, -0.1) is 12.6 Å². The third-order valence-electron chi connectivity index (χ3n) is 4.66. The molecule has 0 bridgehead atoms. The highest BCUT2D eigenvalue weighted by atomic mass is 127. The Hall–Kier alpha value is -0.480. The Balaban J connectivity index is 1.96. The summed E-state index contributed by atoms with van der Waals surface area (Å²) in [6.45, 7) is 2.44. The van der Waals surface area contributed by atoms with Crippen molar-refractivity contribution < 1.29 is 0 Å². The lowest BCUT2D eigenvalue weighted by Crippen LogP contribution is -2.30. The van der Waals surface area contributed by atoms with Crippen LogP contribution in [0.1, 0.15) is 38.2 Å². The predicted molar refractivity (Wildman–Crippen MR) is 103 cm³/mol. The lowest BCUT2D eigenvalue weighted by Gasteiger charge is -2.37. The molecular weight excluding hydrogens is 387 g/mol.